The highest BCUT2D eigenvalue weighted by molar-refractivity contribution is 5.81. The van der Waals surface area contributed by atoms with Gasteiger partial charge in [0.1, 0.15) is 0 Å². The van der Waals surface area contributed by atoms with E-state index in [9.17, 15) is 9.90 Å². The van der Waals surface area contributed by atoms with Crippen molar-refractivity contribution < 1.29 is 9.90 Å². The Morgan fingerprint density at radius 3 is 2.41 bits per heavy atom. The number of carbonyl (C=O) groups excluding carboxylic acids is 1. The van der Waals surface area contributed by atoms with Crippen LogP contribution in [0.1, 0.15) is 44.8 Å². The van der Waals surface area contributed by atoms with E-state index in [1.54, 1.807) is 0 Å². The number of amides is 1. The average molecular weight is 304 g/mol. The van der Waals surface area contributed by atoms with Crippen LogP contribution in [0.4, 0.5) is 0 Å². The number of nitrogens with two attached hydrogens (primary N) is 1. The SMILES string of the molecule is CC(C)CC(N)C(=O)N1CCC(C(O)c2ccccc2)CC1. The molecule has 3 N–H and O–H groups in total. The smallest absolute Gasteiger partial charge is 0.239 e. The Kier molecular flexibility index (Phi) is 5.98. The second kappa shape index (κ2) is 7.75. The van der Waals surface area contributed by atoms with E-state index in [-0.39, 0.29) is 11.8 Å². The molecular formula is C18H28N2O2. The number of aliphatic hydroxyl groups excluding tert-OH is 1. The highest BCUT2D eigenvalue weighted by Crippen LogP contribution is 2.30. The molecule has 0 spiro atoms. The van der Waals surface area contributed by atoms with Crippen LogP contribution in [0, 0.1) is 11.8 Å². The van der Waals surface area contributed by atoms with Gasteiger partial charge in [0.15, 0.2) is 0 Å². The van der Waals surface area contributed by atoms with Crippen LogP contribution in [0.5, 0.6) is 0 Å². The van der Waals surface area contributed by atoms with Gasteiger partial charge in [-0.2, -0.15) is 0 Å². The number of benzene rings is 1. The van der Waals surface area contributed by atoms with E-state index >= 15 is 0 Å². The van der Waals surface area contributed by atoms with Gasteiger partial charge in [0, 0.05) is 13.1 Å². The number of rotatable bonds is 5. The molecule has 22 heavy (non-hydrogen) atoms. The van der Waals surface area contributed by atoms with Crippen LogP contribution < -0.4 is 5.73 Å². The molecule has 1 aliphatic heterocycles. The van der Waals surface area contributed by atoms with Gasteiger partial charge in [-0.25, -0.2) is 0 Å². The predicted molar refractivity (Wildman–Crippen MR) is 88.1 cm³/mol. The number of hydrogen-bond donors (Lipinski definition) is 2. The quantitative estimate of drug-likeness (QED) is 0.877. The fourth-order valence-electron chi connectivity index (χ4n) is 3.20. The van der Waals surface area contributed by atoms with Crippen molar-refractivity contribution in [2.24, 2.45) is 17.6 Å². The zero-order chi connectivity index (χ0) is 16.1. The predicted octanol–water partition coefficient (Wildman–Crippen LogP) is 2.33. The zero-order valence-corrected chi connectivity index (χ0v) is 13.6. The largest absolute Gasteiger partial charge is 0.388 e. The van der Waals surface area contributed by atoms with Crippen LogP contribution in [0.15, 0.2) is 30.3 Å². The second-order valence-corrected chi connectivity index (χ2v) is 6.75. The maximum Gasteiger partial charge on any atom is 0.239 e. The van der Waals surface area contributed by atoms with Gasteiger partial charge in [0.25, 0.3) is 0 Å². The van der Waals surface area contributed by atoms with Gasteiger partial charge in [-0.15, -0.1) is 0 Å². The molecule has 0 bridgehead atoms. The number of piperidine rings is 1. The van der Waals surface area contributed by atoms with Crippen molar-refractivity contribution in [2.45, 2.75) is 45.3 Å². The van der Waals surface area contributed by atoms with E-state index in [0.29, 0.717) is 19.0 Å². The molecule has 0 radical (unpaired) electrons. The molecule has 2 unspecified atom stereocenters. The Balaban J connectivity index is 1.86. The van der Waals surface area contributed by atoms with Crippen LogP contribution in [-0.2, 0) is 4.79 Å². The summed E-state index contributed by atoms with van der Waals surface area (Å²) in [6, 6.07) is 9.37. The monoisotopic (exact) mass is 304 g/mol. The summed E-state index contributed by atoms with van der Waals surface area (Å²) in [5.41, 5.74) is 6.96. The first-order valence-electron chi connectivity index (χ1n) is 8.26. The Hall–Kier alpha value is -1.39. The highest BCUT2D eigenvalue weighted by atomic mass is 16.3. The lowest BCUT2D eigenvalue weighted by Gasteiger charge is -2.35. The third-order valence-corrected chi connectivity index (χ3v) is 4.48. The standard InChI is InChI=1S/C18H28N2O2/c1-13(2)12-16(19)18(22)20-10-8-15(9-11-20)17(21)14-6-4-3-5-7-14/h3-7,13,15-17,21H,8-12,19H2,1-2H3. The fourth-order valence-corrected chi connectivity index (χ4v) is 3.20. The third-order valence-electron chi connectivity index (χ3n) is 4.48. The Morgan fingerprint density at radius 1 is 1.27 bits per heavy atom. The van der Waals surface area contributed by atoms with Crippen LogP contribution in [0.2, 0.25) is 0 Å². The number of carbonyl (C=O) groups is 1. The molecule has 1 heterocycles. The van der Waals surface area contributed by atoms with Crippen molar-refractivity contribution >= 4 is 5.91 Å². The molecule has 1 aromatic rings. The van der Waals surface area contributed by atoms with Crippen LogP contribution in [0.25, 0.3) is 0 Å². The van der Waals surface area contributed by atoms with Gasteiger partial charge in [0.2, 0.25) is 5.91 Å². The van der Waals surface area contributed by atoms with Crippen LogP contribution in [-0.4, -0.2) is 35.0 Å². The molecule has 1 amide bonds. The third kappa shape index (κ3) is 4.31. The number of likely N-dealkylation sites (tertiary alicyclic amines) is 1. The number of nitrogens with zero attached hydrogens (tertiary/aromatic N) is 1. The Labute approximate surface area is 133 Å². The van der Waals surface area contributed by atoms with Crippen molar-refractivity contribution in [2.75, 3.05) is 13.1 Å². The minimum Gasteiger partial charge on any atom is -0.388 e. The summed E-state index contributed by atoms with van der Waals surface area (Å²) < 4.78 is 0. The van der Waals surface area contributed by atoms with Gasteiger partial charge in [-0.1, -0.05) is 44.2 Å². The van der Waals surface area contributed by atoms with Crippen molar-refractivity contribution in [1.82, 2.24) is 4.90 Å². The highest BCUT2D eigenvalue weighted by Gasteiger charge is 2.30. The lowest BCUT2D eigenvalue weighted by atomic mass is 9.87. The molecule has 1 aliphatic rings. The van der Waals surface area contributed by atoms with E-state index < -0.39 is 12.1 Å². The summed E-state index contributed by atoms with van der Waals surface area (Å²) in [6.45, 7) is 5.55. The minimum atomic E-state index is -0.442. The summed E-state index contributed by atoms with van der Waals surface area (Å²) in [4.78, 5) is 14.2. The summed E-state index contributed by atoms with van der Waals surface area (Å²) in [5, 5.41) is 10.5. The van der Waals surface area contributed by atoms with Gasteiger partial charge in [-0.05, 0) is 36.7 Å². The minimum absolute atomic E-state index is 0.0568. The normalized spacial score (nSPS) is 19.2. The average Bonchev–Trinajstić information content (AvgIpc) is 2.54. The van der Waals surface area contributed by atoms with Crippen LogP contribution in [0.3, 0.4) is 0 Å². The molecule has 2 atom stereocenters. The van der Waals surface area contributed by atoms with Crippen molar-refractivity contribution in [3.8, 4) is 0 Å². The molecule has 0 aliphatic carbocycles. The zero-order valence-electron chi connectivity index (χ0n) is 13.6. The number of aliphatic hydroxyl groups is 1. The summed E-state index contributed by atoms with van der Waals surface area (Å²) in [5.74, 6) is 0.700. The van der Waals surface area contributed by atoms with E-state index in [0.717, 1.165) is 24.8 Å². The number of hydrogen-bond acceptors (Lipinski definition) is 3. The van der Waals surface area contributed by atoms with E-state index in [2.05, 4.69) is 13.8 Å². The first-order valence-corrected chi connectivity index (χ1v) is 8.26. The first-order chi connectivity index (χ1) is 10.5. The molecule has 4 heteroatoms. The fraction of sp³-hybridized carbons (Fsp3) is 0.611. The molecule has 0 saturated carbocycles. The van der Waals surface area contributed by atoms with Crippen molar-refractivity contribution in [1.29, 1.82) is 0 Å². The Morgan fingerprint density at radius 2 is 1.86 bits per heavy atom. The van der Waals surface area contributed by atoms with Crippen molar-refractivity contribution in [3.05, 3.63) is 35.9 Å². The van der Waals surface area contributed by atoms with Gasteiger partial charge < -0.3 is 15.7 Å². The summed E-state index contributed by atoms with van der Waals surface area (Å²) in [7, 11) is 0. The van der Waals surface area contributed by atoms with E-state index in [1.807, 2.05) is 35.2 Å². The summed E-state index contributed by atoms with van der Waals surface area (Å²) >= 11 is 0. The molecule has 0 aromatic heterocycles. The molecule has 1 fully saturated rings. The van der Waals surface area contributed by atoms with Gasteiger partial charge in [0.05, 0.1) is 12.1 Å². The van der Waals surface area contributed by atoms with E-state index in [4.69, 9.17) is 5.73 Å². The van der Waals surface area contributed by atoms with Gasteiger partial charge in [-0.3, -0.25) is 4.79 Å². The van der Waals surface area contributed by atoms with Gasteiger partial charge >= 0.3 is 0 Å². The molecule has 122 valence electrons. The maximum atomic E-state index is 12.3. The first kappa shape index (κ1) is 17.0. The topological polar surface area (TPSA) is 66.6 Å². The molecule has 2 rings (SSSR count). The lowest BCUT2D eigenvalue weighted by Crippen LogP contribution is -2.48. The Bertz CT molecular complexity index is 467. The van der Waals surface area contributed by atoms with E-state index in [1.165, 1.54) is 0 Å². The summed E-state index contributed by atoms with van der Waals surface area (Å²) in [6.07, 6.45) is 1.94. The molecule has 4 nitrogen and oxygen atoms in total. The molecule has 1 saturated heterocycles. The molecular weight excluding hydrogens is 276 g/mol. The van der Waals surface area contributed by atoms with Crippen LogP contribution >= 0.6 is 0 Å². The second-order valence-electron chi connectivity index (χ2n) is 6.75. The lowest BCUT2D eigenvalue weighted by molar-refractivity contribution is -0.135. The maximum absolute atomic E-state index is 12.3. The molecule has 1 aromatic carbocycles. The van der Waals surface area contributed by atoms with Crippen molar-refractivity contribution in [3.63, 3.8) is 0 Å².